The quantitative estimate of drug-likeness (QED) is 0.464. The van der Waals surface area contributed by atoms with Crippen LogP contribution in [-0.2, 0) is 20.6 Å². The molecule has 2 heterocycles. The molecule has 2 bridgehead atoms. The highest BCUT2D eigenvalue weighted by atomic mass is 16.7. The third kappa shape index (κ3) is 7.15. The van der Waals surface area contributed by atoms with E-state index in [-0.39, 0.29) is 48.6 Å². The molecule has 9 nitrogen and oxygen atoms in total. The number of nitrogens with one attached hydrogen (secondary N) is 2. The minimum Gasteiger partial charge on any atom is -0.445 e. The molecule has 3 fully saturated rings. The fourth-order valence-electron chi connectivity index (χ4n) is 5.74. The lowest BCUT2D eigenvalue weighted by Gasteiger charge is -2.34. The second kappa shape index (κ2) is 11.6. The van der Waals surface area contributed by atoms with Crippen LogP contribution >= 0.6 is 0 Å². The molecule has 5 unspecified atom stereocenters. The van der Waals surface area contributed by atoms with E-state index in [1.165, 1.54) is 0 Å². The molecular weight excluding hydrogens is 474 g/mol. The largest absolute Gasteiger partial charge is 0.445 e. The summed E-state index contributed by atoms with van der Waals surface area (Å²) in [4.78, 5) is 27.8. The van der Waals surface area contributed by atoms with Gasteiger partial charge < -0.3 is 34.9 Å². The Morgan fingerprint density at radius 1 is 1.11 bits per heavy atom. The Morgan fingerprint density at radius 3 is 2.49 bits per heavy atom. The SMILES string of the molecule is CC(C)CN(C[C@@H](O)[C@H](Cc1ccccc1)NC(=O)OC1C2COC3OCC1C3C2)C(=O)NC(C)(C)C. The van der Waals surface area contributed by atoms with Gasteiger partial charge in [0.2, 0.25) is 0 Å². The van der Waals surface area contributed by atoms with Crippen LogP contribution in [0.1, 0.15) is 46.6 Å². The van der Waals surface area contributed by atoms with Crippen LogP contribution in [0.4, 0.5) is 9.59 Å². The zero-order valence-corrected chi connectivity index (χ0v) is 22.7. The molecule has 3 N–H and O–H groups in total. The van der Waals surface area contributed by atoms with Gasteiger partial charge in [-0.2, -0.15) is 0 Å². The lowest BCUT2D eigenvalue weighted by molar-refractivity contribution is -0.169. The smallest absolute Gasteiger partial charge is 0.407 e. The van der Waals surface area contributed by atoms with Crippen LogP contribution in [0.5, 0.6) is 0 Å². The van der Waals surface area contributed by atoms with Gasteiger partial charge in [0.05, 0.1) is 31.9 Å². The predicted molar refractivity (Wildman–Crippen MR) is 139 cm³/mol. The Balaban J connectivity index is 1.45. The summed E-state index contributed by atoms with van der Waals surface area (Å²) in [5.74, 6) is 0.794. The van der Waals surface area contributed by atoms with Gasteiger partial charge in [-0.15, -0.1) is 0 Å². The molecule has 7 atom stereocenters. The third-order valence-corrected chi connectivity index (χ3v) is 7.36. The maximum absolute atomic E-state index is 13.1. The van der Waals surface area contributed by atoms with E-state index in [0.29, 0.717) is 26.2 Å². The van der Waals surface area contributed by atoms with Gasteiger partial charge in [0.1, 0.15) is 6.10 Å². The first kappa shape index (κ1) is 27.7. The molecule has 1 saturated carbocycles. The molecule has 0 radical (unpaired) electrons. The average molecular weight is 518 g/mol. The lowest BCUT2D eigenvalue weighted by atomic mass is 9.98. The van der Waals surface area contributed by atoms with Crippen LogP contribution in [0.25, 0.3) is 0 Å². The zero-order valence-electron chi connectivity index (χ0n) is 22.7. The van der Waals surface area contributed by atoms with Crippen LogP contribution in [0.3, 0.4) is 0 Å². The Hall–Kier alpha value is -2.36. The average Bonchev–Trinajstić information content (AvgIpc) is 3.34. The number of aliphatic hydroxyl groups excluding tert-OH is 1. The topological polar surface area (TPSA) is 109 Å². The first-order valence-corrected chi connectivity index (χ1v) is 13.5. The summed E-state index contributed by atoms with van der Waals surface area (Å²) in [5, 5.41) is 17.2. The van der Waals surface area contributed by atoms with E-state index in [1.807, 2.05) is 65.0 Å². The molecule has 4 rings (SSSR count). The Bertz CT molecular complexity index is 920. The number of hydrogen-bond donors (Lipinski definition) is 3. The Labute approximate surface area is 220 Å². The number of rotatable bonds is 9. The first-order chi connectivity index (χ1) is 17.5. The van der Waals surface area contributed by atoms with Crippen LogP contribution in [0, 0.1) is 23.7 Å². The van der Waals surface area contributed by atoms with E-state index < -0.39 is 23.8 Å². The van der Waals surface area contributed by atoms with Crippen molar-refractivity contribution in [3.63, 3.8) is 0 Å². The van der Waals surface area contributed by atoms with E-state index >= 15 is 0 Å². The molecule has 0 aromatic heterocycles. The number of carbonyl (C=O) groups excluding carboxylic acids is 2. The monoisotopic (exact) mass is 517 g/mol. The number of fused-ring (bicyclic) bond motifs is 1. The minimum absolute atomic E-state index is 0.0813. The predicted octanol–water partition coefficient (Wildman–Crippen LogP) is 3.16. The molecule has 1 aromatic carbocycles. The van der Waals surface area contributed by atoms with Gasteiger partial charge in [-0.3, -0.25) is 0 Å². The standard InChI is InChI=1S/C28H43N3O6/c1-17(2)13-31(26(33)30-28(3,4)5)14-23(32)22(11-18-9-7-6-8-10-18)29-27(34)37-24-19-12-20-21(24)16-36-25(20)35-15-19/h6-10,17,19-25,32H,11-16H2,1-5H3,(H,29,34)(H,30,33)/t19?,20?,21?,22-,23+,24?,25?/m0/s1. The van der Waals surface area contributed by atoms with Gasteiger partial charge in [0.15, 0.2) is 6.29 Å². The van der Waals surface area contributed by atoms with E-state index in [9.17, 15) is 14.7 Å². The Morgan fingerprint density at radius 2 is 1.81 bits per heavy atom. The second-order valence-electron chi connectivity index (χ2n) is 12.2. The van der Waals surface area contributed by atoms with Gasteiger partial charge in [-0.25, -0.2) is 9.59 Å². The van der Waals surface area contributed by atoms with Crippen LogP contribution < -0.4 is 10.6 Å². The van der Waals surface area contributed by atoms with Crippen molar-refractivity contribution < 1.29 is 28.9 Å². The van der Waals surface area contributed by atoms with Gasteiger partial charge in [-0.1, -0.05) is 44.2 Å². The fourth-order valence-corrected chi connectivity index (χ4v) is 5.74. The van der Waals surface area contributed by atoms with Crippen molar-refractivity contribution in [2.24, 2.45) is 23.7 Å². The molecular formula is C28H43N3O6. The van der Waals surface area contributed by atoms with Gasteiger partial charge >= 0.3 is 12.1 Å². The van der Waals surface area contributed by atoms with Crippen LogP contribution in [0.15, 0.2) is 30.3 Å². The third-order valence-electron chi connectivity index (χ3n) is 7.36. The van der Waals surface area contributed by atoms with Gasteiger partial charge in [0, 0.05) is 29.8 Å². The molecule has 3 aliphatic rings. The molecule has 3 amide bonds. The Kier molecular flexibility index (Phi) is 8.66. The van der Waals surface area contributed by atoms with Crippen molar-refractivity contribution in [3.8, 4) is 0 Å². The summed E-state index contributed by atoms with van der Waals surface area (Å²) < 4.78 is 17.5. The molecule has 2 saturated heterocycles. The number of hydrogen-bond acceptors (Lipinski definition) is 6. The number of nitrogens with zero attached hydrogens (tertiary/aromatic N) is 1. The summed E-state index contributed by atoms with van der Waals surface area (Å²) >= 11 is 0. The molecule has 2 aliphatic heterocycles. The zero-order chi connectivity index (χ0) is 26.7. The highest BCUT2D eigenvalue weighted by Crippen LogP contribution is 2.49. The lowest BCUT2D eigenvalue weighted by Crippen LogP contribution is -2.55. The maximum atomic E-state index is 13.1. The molecule has 1 aliphatic carbocycles. The number of urea groups is 1. The molecule has 9 heteroatoms. The summed E-state index contributed by atoms with van der Waals surface area (Å²) in [6.07, 6.45) is -0.657. The second-order valence-corrected chi connectivity index (χ2v) is 12.2. The van der Waals surface area contributed by atoms with Crippen molar-refractivity contribution in [1.82, 2.24) is 15.5 Å². The van der Waals surface area contributed by atoms with Crippen LogP contribution in [0.2, 0.25) is 0 Å². The summed E-state index contributed by atoms with van der Waals surface area (Å²) in [5.41, 5.74) is 0.563. The summed E-state index contributed by atoms with van der Waals surface area (Å²) in [6, 6.07) is 8.81. The molecule has 206 valence electrons. The molecule has 0 spiro atoms. The number of carbonyl (C=O) groups is 2. The highest BCUT2D eigenvalue weighted by Gasteiger charge is 2.56. The fraction of sp³-hybridized carbons (Fsp3) is 0.714. The van der Waals surface area contributed by atoms with Crippen molar-refractivity contribution in [1.29, 1.82) is 0 Å². The van der Waals surface area contributed by atoms with Gasteiger partial charge in [-0.05, 0) is 45.1 Å². The van der Waals surface area contributed by atoms with E-state index in [1.54, 1.807) is 4.90 Å². The molecule has 37 heavy (non-hydrogen) atoms. The van der Waals surface area contributed by atoms with Crippen molar-refractivity contribution in [2.45, 2.75) is 77.5 Å². The van der Waals surface area contributed by atoms with Crippen molar-refractivity contribution in [3.05, 3.63) is 35.9 Å². The van der Waals surface area contributed by atoms with E-state index in [2.05, 4.69) is 10.6 Å². The van der Waals surface area contributed by atoms with Crippen molar-refractivity contribution in [2.75, 3.05) is 26.3 Å². The van der Waals surface area contributed by atoms with Gasteiger partial charge in [0.25, 0.3) is 0 Å². The highest BCUT2D eigenvalue weighted by molar-refractivity contribution is 5.75. The number of benzene rings is 1. The number of ether oxygens (including phenoxy) is 3. The minimum atomic E-state index is -0.998. The maximum Gasteiger partial charge on any atom is 0.407 e. The normalized spacial score (nSPS) is 28.0. The van der Waals surface area contributed by atoms with Crippen molar-refractivity contribution >= 4 is 12.1 Å². The summed E-state index contributed by atoms with van der Waals surface area (Å²) in [7, 11) is 0. The number of amides is 3. The summed E-state index contributed by atoms with van der Waals surface area (Å²) in [6.45, 7) is 11.4. The number of aliphatic hydroxyl groups is 1. The first-order valence-electron chi connectivity index (χ1n) is 13.5. The van der Waals surface area contributed by atoms with Crippen LogP contribution in [-0.4, -0.2) is 78.5 Å². The number of alkyl carbamates (subject to hydrolysis) is 1. The molecule has 1 aromatic rings. The van der Waals surface area contributed by atoms with E-state index in [0.717, 1.165) is 12.0 Å². The van der Waals surface area contributed by atoms with E-state index in [4.69, 9.17) is 14.2 Å².